The molecule has 70 valence electrons. The van der Waals surface area contributed by atoms with E-state index in [4.69, 9.17) is 15.3 Å². The molecule has 0 aromatic rings. The molecule has 3 N–H and O–H groups in total. The van der Waals surface area contributed by atoms with Gasteiger partial charge in [0.05, 0.1) is 12.0 Å². The van der Waals surface area contributed by atoms with Gasteiger partial charge in [-0.3, -0.25) is 4.79 Å². The Labute approximate surface area is 168 Å². The normalized spacial score (nSPS) is 9.29. The van der Waals surface area contributed by atoms with E-state index in [0.717, 1.165) is 0 Å². The van der Waals surface area contributed by atoms with Gasteiger partial charge in [0.2, 0.25) is 0 Å². The molecule has 0 amide bonds. The van der Waals surface area contributed by atoms with Crippen LogP contribution in [0.2, 0.25) is 0 Å². The van der Waals surface area contributed by atoms with Crippen molar-refractivity contribution in [2.45, 2.75) is 6.42 Å². The smallest absolute Gasteiger partial charge is 1.00 e. The molecule has 0 unspecified atom stereocenters. The zero-order valence-corrected chi connectivity index (χ0v) is 14.1. The maximum atomic E-state index is 10.2. The summed E-state index contributed by atoms with van der Waals surface area (Å²) in [5, 5.41) is 24.5. The topological polar surface area (TPSA) is 112 Å². The molecule has 0 aliphatic heterocycles. The Morgan fingerprint density at radius 2 is 1.50 bits per heavy atom. The van der Waals surface area contributed by atoms with Gasteiger partial charge in [0.15, 0.2) is 0 Å². The number of rotatable bonds is 4. The molecule has 0 saturated carbocycles. The minimum atomic E-state index is -1.54. The molecule has 0 aliphatic carbocycles. The summed E-state index contributed by atoms with van der Waals surface area (Å²) < 4.78 is 0. The summed E-state index contributed by atoms with van der Waals surface area (Å²) in [4.78, 5) is 30.1. The molecule has 0 spiro atoms. The molecule has 0 rings (SSSR count). The van der Waals surface area contributed by atoms with Gasteiger partial charge in [-0.05, 0) is 0 Å². The molecule has 0 radical (unpaired) electrons. The summed E-state index contributed by atoms with van der Waals surface area (Å²) in [6, 6.07) is 0. The van der Waals surface area contributed by atoms with Crippen LogP contribution in [-0.4, -0.2) is 33.2 Å². The van der Waals surface area contributed by atoms with Gasteiger partial charge in [-0.2, -0.15) is 0 Å². The van der Waals surface area contributed by atoms with Crippen molar-refractivity contribution in [3.05, 3.63) is 11.6 Å². The first-order valence-electron chi connectivity index (χ1n) is 2.82. The van der Waals surface area contributed by atoms with Gasteiger partial charge in [-0.15, -0.1) is 0 Å². The van der Waals surface area contributed by atoms with Crippen LogP contribution in [0.15, 0.2) is 11.6 Å². The number of carboxylic acid groups (broad SMARTS) is 3. The fraction of sp³-hybridized carbons (Fsp3) is 0.167. The van der Waals surface area contributed by atoms with Crippen LogP contribution in [-0.2, 0) is 14.4 Å². The van der Waals surface area contributed by atoms with Crippen LogP contribution < -0.4 is 103 Å². The largest absolute Gasteiger partial charge is 1.00 e. The van der Waals surface area contributed by atoms with Crippen LogP contribution in [0.4, 0.5) is 0 Å². The average Bonchev–Trinajstić information content (AvgIpc) is 1.83. The zero-order valence-electron chi connectivity index (χ0n) is 9.85. The number of hydrogen-bond donors (Lipinski definition) is 3. The fourth-order valence-electron chi connectivity index (χ4n) is 0.500. The molecule has 0 fully saturated rings. The van der Waals surface area contributed by atoms with Crippen LogP contribution >= 0.6 is 0 Å². The Morgan fingerprint density at radius 3 is 1.71 bits per heavy atom. The Kier molecular flexibility index (Phi) is 16.2. The van der Waals surface area contributed by atoms with E-state index in [9.17, 15) is 14.4 Å². The summed E-state index contributed by atoms with van der Waals surface area (Å²) in [7, 11) is 0. The molecule has 0 aromatic carbocycles. The minimum absolute atomic E-state index is 0. The van der Waals surface area contributed by atoms with E-state index >= 15 is 0 Å². The molecule has 14 heavy (non-hydrogen) atoms. The zero-order chi connectivity index (χ0) is 9.72. The van der Waals surface area contributed by atoms with Crippen LogP contribution in [0.3, 0.4) is 0 Å². The molecule has 0 atom stereocenters. The van der Waals surface area contributed by atoms with E-state index in [1.807, 2.05) is 0 Å². The average molecular weight is 254 g/mol. The third kappa shape index (κ3) is 11.5. The molecule has 0 saturated heterocycles. The number of hydrogen-bond acceptors (Lipinski definition) is 3. The van der Waals surface area contributed by atoms with E-state index in [-0.39, 0.29) is 106 Å². The van der Waals surface area contributed by atoms with Crippen molar-refractivity contribution in [3.63, 3.8) is 0 Å². The fourth-order valence-corrected chi connectivity index (χ4v) is 0.500. The molecular weight excluding hydrogens is 246 g/mol. The van der Waals surface area contributed by atoms with Crippen molar-refractivity contribution in [2.24, 2.45) is 0 Å². The molecule has 0 bridgehead atoms. The van der Waals surface area contributed by atoms with Crippen molar-refractivity contribution < 1.29 is 135 Å². The molecular formula is C6H8K2O6. The van der Waals surface area contributed by atoms with Crippen LogP contribution in [0.5, 0.6) is 0 Å². The third-order valence-electron chi connectivity index (χ3n) is 0.914. The Balaban J connectivity index is -0.000000101. The van der Waals surface area contributed by atoms with Gasteiger partial charge in [-0.1, -0.05) is 0 Å². The van der Waals surface area contributed by atoms with Crippen LogP contribution in [0.1, 0.15) is 9.27 Å². The maximum Gasteiger partial charge on any atom is 1.00 e. The number of carbonyl (C=O) groups is 3. The SMILES string of the molecule is O=C(O)C=C(CC(=O)O)C(=O)O.[H-].[H-].[K+].[K+]. The molecule has 0 heterocycles. The van der Waals surface area contributed by atoms with Gasteiger partial charge in [0, 0.05) is 6.08 Å². The van der Waals surface area contributed by atoms with Crippen LogP contribution in [0, 0.1) is 0 Å². The van der Waals surface area contributed by atoms with E-state index in [0.29, 0.717) is 6.08 Å². The summed E-state index contributed by atoms with van der Waals surface area (Å²) in [5.41, 5.74) is -0.657. The van der Waals surface area contributed by atoms with Crippen molar-refractivity contribution >= 4 is 17.9 Å². The first kappa shape index (κ1) is 20.8. The van der Waals surface area contributed by atoms with E-state index in [1.165, 1.54) is 0 Å². The number of aliphatic carboxylic acids is 3. The Morgan fingerprint density at radius 1 is 1.07 bits per heavy atom. The first-order chi connectivity index (χ1) is 5.43. The predicted molar refractivity (Wildman–Crippen MR) is 37.8 cm³/mol. The molecule has 8 heteroatoms. The van der Waals surface area contributed by atoms with Crippen LogP contribution in [0.25, 0.3) is 0 Å². The summed E-state index contributed by atoms with van der Waals surface area (Å²) in [6.45, 7) is 0. The van der Waals surface area contributed by atoms with E-state index in [2.05, 4.69) is 0 Å². The summed E-state index contributed by atoms with van der Waals surface area (Å²) >= 11 is 0. The van der Waals surface area contributed by atoms with Gasteiger partial charge in [0.25, 0.3) is 0 Å². The van der Waals surface area contributed by atoms with E-state index in [1.54, 1.807) is 0 Å². The predicted octanol–water partition coefficient (Wildman–Crippen LogP) is -6.21. The monoisotopic (exact) mass is 254 g/mol. The van der Waals surface area contributed by atoms with Crippen molar-refractivity contribution in [3.8, 4) is 0 Å². The Hall–Kier alpha value is 1.42. The molecule has 0 aromatic heterocycles. The first-order valence-corrected chi connectivity index (χ1v) is 2.82. The second kappa shape index (κ2) is 10.9. The summed E-state index contributed by atoms with van der Waals surface area (Å²) in [5.74, 6) is -4.40. The summed E-state index contributed by atoms with van der Waals surface area (Å²) in [6.07, 6.45) is -0.446. The second-order valence-electron chi connectivity index (χ2n) is 1.88. The number of carboxylic acids is 3. The standard InChI is InChI=1S/C6H6O6.2K.2H/c7-4(8)1-3(6(11)12)2-5(9)10;;;;/h1H,2H2,(H,7,8)(H,9,10)(H,11,12);;;;/q;2*+1;2*-1. The molecule has 6 nitrogen and oxygen atoms in total. The minimum Gasteiger partial charge on any atom is -1.00 e. The van der Waals surface area contributed by atoms with Gasteiger partial charge in [0.1, 0.15) is 0 Å². The Bertz CT molecular complexity index is 268. The van der Waals surface area contributed by atoms with Crippen molar-refractivity contribution in [1.82, 2.24) is 0 Å². The second-order valence-corrected chi connectivity index (χ2v) is 1.88. The van der Waals surface area contributed by atoms with Gasteiger partial charge < -0.3 is 18.2 Å². The quantitative estimate of drug-likeness (QED) is 0.340. The third-order valence-corrected chi connectivity index (χ3v) is 0.914. The van der Waals surface area contributed by atoms with E-state index < -0.39 is 29.9 Å². The van der Waals surface area contributed by atoms with Gasteiger partial charge >= 0.3 is 121 Å². The van der Waals surface area contributed by atoms with Crippen molar-refractivity contribution in [1.29, 1.82) is 0 Å². The maximum absolute atomic E-state index is 10.2. The molecule has 0 aliphatic rings. The van der Waals surface area contributed by atoms with Crippen molar-refractivity contribution in [2.75, 3.05) is 0 Å². The van der Waals surface area contributed by atoms with Gasteiger partial charge in [-0.25, -0.2) is 9.59 Å².